The molecule has 1 heterocycles. The van der Waals surface area contributed by atoms with Crippen molar-refractivity contribution >= 4 is 15.9 Å². The second-order valence-corrected chi connectivity index (χ2v) is 8.21. The van der Waals surface area contributed by atoms with Gasteiger partial charge in [-0.1, -0.05) is 12.1 Å². The van der Waals surface area contributed by atoms with Crippen LogP contribution in [0.3, 0.4) is 0 Å². The van der Waals surface area contributed by atoms with Crippen LogP contribution in [0.4, 0.5) is 0 Å². The Morgan fingerprint density at radius 2 is 1.81 bits per heavy atom. The molecule has 2 aromatic carbocycles. The second kappa shape index (κ2) is 7.58. The minimum atomic E-state index is -3.62. The maximum absolute atomic E-state index is 12.9. The van der Waals surface area contributed by atoms with E-state index < -0.39 is 10.0 Å². The molecule has 0 aliphatic carbocycles. The highest BCUT2D eigenvalue weighted by Gasteiger charge is 2.20. The average Bonchev–Trinajstić information content (AvgIpc) is 2.67. The predicted molar refractivity (Wildman–Crippen MR) is 101 cm³/mol. The number of hydrogen-bond acceptors (Lipinski definition) is 5. The maximum Gasteiger partial charge on any atom is 0.254 e. The molecule has 0 fully saturated rings. The molecule has 1 aliphatic rings. The van der Waals surface area contributed by atoms with Crippen molar-refractivity contribution in [1.29, 1.82) is 0 Å². The van der Waals surface area contributed by atoms with Gasteiger partial charge in [0.2, 0.25) is 10.0 Å². The Labute approximate surface area is 158 Å². The van der Waals surface area contributed by atoms with Crippen LogP contribution in [0.15, 0.2) is 41.3 Å². The van der Waals surface area contributed by atoms with Gasteiger partial charge in [0.05, 0.1) is 4.90 Å². The van der Waals surface area contributed by atoms with Crippen LogP contribution in [0.25, 0.3) is 0 Å². The molecule has 3 rings (SSSR count). The van der Waals surface area contributed by atoms with Crippen LogP contribution in [0, 0.1) is 6.92 Å². The van der Waals surface area contributed by atoms with Crippen LogP contribution in [0.2, 0.25) is 0 Å². The molecule has 0 radical (unpaired) electrons. The lowest BCUT2D eigenvalue weighted by Gasteiger charge is -2.22. The Kier molecular flexibility index (Phi) is 5.38. The molecule has 1 aliphatic heterocycles. The standard InChI is InChI=1S/C19H22N2O5S/c1-13-4-6-15(27(23,24)20-2)11-16(13)19(22)21(3)12-14-5-7-17-18(10-14)26-9-8-25-17/h4-7,10-11,20H,8-9,12H2,1-3H3. The fourth-order valence-corrected chi connectivity index (χ4v) is 3.61. The first-order valence-electron chi connectivity index (χ1n) is 8.50. The van der Waals surface area contributed by atoms with E-state index in [2.05, 4.69) is 4.72 Å². The topological polar surface area (TPSA) is 84.9 Å². The molecule has 27 heavy (non-hydrogen) atoms. The van der Waals surface area contributed by atoms with Gasteiger partial charge in [-0.05, 0) is 49.4 Å². The van der Waals surface area contributed by atoms with E-state index in [-0.39, 0.29) is 10.8 Å². The van der Waals surface area contributed by atoms with Crippen LogP contribution in [0.5, 0.6) is 11.5 Å². The zero-order chi connectivity index (χ0) is 19.6. The summed E-state index contributed by atoms with van der Waals surface area (Å²) in [4.78, 5) is 14.5. The summed E-state index contributed by atoms with van der Waals surface area (Å²) in [6.45, 7) is 3.16. The van der Waals surface area contributed by atoms with Gasteiger partial charge in [-0.25, -0.2) is 13.1 Å². The van der Waals surface area contributed by atoms with Gasteiger partial charge in [-0.15, -0.1) is 0 Å². The molecule has 8 heteroatoms. The second-order valence-electron chi connectivity index (χ2n) is 6.32. The zero-order valence-corrected chi connectivity index (χ0v) is 16.3. The Morgan fingerprint density at radius 1 is 1.11 bits per heavy atom. The number of fused-ring (bicyclic) bond motifs is 1. The van der Waals surface area contributed by atoms with Gasteiger partial charge in [-0.2, -0.15) is 0 Å². The predicted octanol–water partition coefficient (Wildman–Crippen LogP) is 1.95. The number of benzene rings is 2. The van der Waals surface area contributed by atoms with Crippen molar-refractivity contribution in [2.75, 3.05) is 27.3 Å². The molecule has 0 bridgehead atoms. The Balaban J connectivity index is 1.82. The average molecular weight is 390 g/mol. The van der Waals surface area contributed by atoms with E-state index in [4.69, 9.17) is 9.47 Å². The summed E-state index contributed by atoms with van der Waals surface area (Å²) in [5, 5.41) is 0. The van der Waals surface area contributed by atoms with E-state index in [1.807, 2.05) is 18.2 Å². The smallest absolute Gasteiger partial charge is 0.254 e. The lowest BCUT2D eigenvalue weighted by atomic mass is 10.1. The summed E-state index contributed by atoms with van der Waals surface area (Å²) in [7, 11) is -0.601. The third kappa shape index (κ3) is 4.06. The SMILES string of the molecule is CNS(=O)(=O)c1ccc(C)c(C(=O)N(C)Cc2ccc3c(c2)OCCO3)c1. The highest BCUT2D eigenvalue weighted by molar-refractivity contribution is 7.89. The van der Waals surface area contributed by atoms with Gasteiger partial charge < -0.3 is 14.4 Å². The lowest BCUT2D eigenvalue weighted by Crippen LogP contribution is -2.27. The van der Waals surface area contributed by atoms with Crippen LogP contribution < -0.4 is 14.2 Å². The van der Waals surface area contributed by atoms with Crippen molar-refractivity contribution in [3.63, 3.8) is 0 Å². The van der Waals surface area contributed by atoms with Crippen molar-refractivity contribution in [3.05, 3.63) is 53.1 Å². The van der Waals surface area contributed by atoms with Crippen LogP contribution in [0.1, 0.15) is 21.5 Å². The fraction of sp³-hybridized carbons (Fsp3) is 0.316. The number of rotatable bonds is 5. The van der Waals surface area contributed by atoms with Crippen molar-refractivity contribution in [2.24, 2.45) is 0 Å². The molecule has 1 amide bonds. The normalized spacial score (nSPS) is 13.3. The molecule has 144 valence electrons. The molecular weight excluding hydrogens is 368 g/mol. The molecule has 0 aromatic heterocycles. The number of aryl methyl sites for hydroxylation is 1. The molecule has 7 nitrogen and oxygen atoms in total. The number of amides is 1. The minimum Gasteiger partial charge on any atom is -0.486 e. The molecule has 0 unspecified atom stereocenters. The first kappa shape index (κ1) is 19.2. The van der Waals surface area contributed by atoms with E-state index in [0.29, 0.717) is 42.4 Å². The van der Waals surface area contributed by atoms with Crippen LogP contribution >= 0.6 is 0 Å². The van der Waals surface area contributed by atoms with E-state index >= 15 is 0 Å². The summed E-state index contributed by atoms with van der Waals surface area (Å²) in [6.07, 6.45) is 0. The number of sulfonamides is 1. The van der Waals surface area contributed by atoms with Crippen molar-refractivity contribution in [2.45, 2.75) is 18.4 Å². The first-order valence-corrected chi connectivity index (χ1v) is 9.98. The lowest BCUT2D eigenvalue weighted by molar-refractivity contribution is 0.0783. The minimum absolute atomic E-state index is 0.0617. The molecule has 0 saturated heterocycles. The summed E-state index contributed by atoms with van der Waals surface area (Å²) in [6, 6.07) is 10.1. The van der Waals surface area contributed by atoms with E-state index in [1.54, 1.807) is 24.9 Å². The molecule has 2 aromatic rings. The van der Waals surface area contributed by atoms with E-state index in [0.717, 1.165) is 5.56 Å². The van der Waals surface area contributed by atoms with Crippen molar-refractivity contribution in [1.82, 2.24) is 9.62 Å². The van der Waals surface area contributed by atoms with Crippen LogP contribution in [-0.4, -0.2) is 46.5 Å². The van der Waals surface area contributed by atoms with Gasteiger partial charge in [0.15, 0.2) is 11.5 Å². The van der Waals surface area contributed by atoms with Gasteiger partial charge in [0.25, 0.3) is 5.91 Å². The maximum atomic E-state index is 12.9. The molecule has 1 N–H and O–H groups in total. The van der Waals surface area contributed by atoms with E-state index in [9.17, 15) is 13.2 Å². The Morgan fingerprint density at radius 3 is 2.52 bits per heavy atom. The monoisotopic (exact) mass is 390 g/mol. The quantitative estimate of drug-likeness (QED) is 0.843. The number of nitrogens with zero attached hydrogens (tertiary/aromatic N) is 1. The fourth-order valence-electron chi connectivity index (χ4n) is 2.85. The third-order valence-electron chi connectivity index (χ3n) is 4.39. The zero-order valence-electron chi connectivity index (χ0n) is 15.5. The van der Waals surface area contributed by atoms with E-state index in [1.165, 1.54) is 19.2 Å². The summed E-state index contributed by atoms with van der Waals surface area (Å²) >= 11 is 0. The Hall–Kier alpha value is -2.58. The third-order valence-corrected chi connectivity index (χ3v) is 5.80. The van der Waals surface area contributed by atoms with Crippen molar-refractivity contribution < 1.29 is 22.7 Å². The number of nitrogens with one attached hydrogen (secondary N) is 1. The van der Waals surface area contributed by atoms with Crippen LogP contribution in [-0.2, 0) is 16.6 Å². The summed E-state index contributed by atoms with van der Waals surface area (Å²) < 4.78 is 37.4. The first-order chi connectivity index (χ1) is 12.8. The number of carbonyl (C=O) groups is 1. The number of hydrogen-bond donors (Lipinski definition) is 1. The van der Waals surface area contributed by atoms with Gasteiger partial charge in [0.1, 0.15) is 13.2 Å². The molecule has 0 spiro atoms. The molecule has 0 atom stereocenters. The van der Waals surface area contributed by atoms with Gasteiger partial charge in [0, 0.05) is 19.2 Å². The summed E-state index contributed by atoms with van der Waals surface area (Å²) in [5.74, 6) is 1.10. The molecule has 0 saturated carbocycles. The van der Waals surface area contributed by atoms with Crippen molar-refractivity contribution in [3.8, 4) is 11.5 Å². The highest BCUT2D eigenvalue weighted by Crippen LogP contribution is 2.31. The summed E-state index contributed by atoms with van der Waals surface area (Å²) in [5.41, 5.74) is 1.96. The Bertz CT molecular complexity index is 972. The number of ether oxygens (including phenoxy) is 2. The van der Waals surface area contributed by atoms with Gasteiger partial charge >= 0.3 is 0 Å². The van der Waals surface area contributed by atoms with Gasteiger partial charge in [-0.3, -0.25) is 4.79 Å². The molecular formula is C19H22N2O5S. The largest absolute Gasteiger partial charge is 0.486 e. The number of carbonyl (C=O) groups excluding carboxylic acids is 1. The highest BCUT2D eigenvalue weighted by atomic mass is 32.2.